The molecular weight excluding hydrogens is 248 g/mol. The quantitative estimate of drug-likeness (QED) is 0.795. The van der Waals surface area contributed by atoms with Crippen LogP contribution < -0.4 is 10.6 Å². The van der Waals surface area contributed by atoms with Crippen LogP contribution in [-0.4, -0.2) is 23.1 Å². The molecule has 1 atom stereocenters. The lowest BCUT2D eigenvalue weighted by molar-refractivity contribution is 0.535. The molecule has 112 valence electrons. The van der Waals surface area contributed by atoms with E-state index in [1.165, 1.54) is 12.8 Å². The van der Waals surface area contributed by atoms with Crippen molar-refractivity contribution in [2.75, 3.05) is 23.7 Å². The average Bonchev–Trinajstić information content (AvgIpc) is 3.23. The van der Waals surface area contributed by atoms with Crippen molar-refractivity contribution in [2.24, 2.45) is 11.8 Å². The Bertz CT molecular complexity index is 452. The normalized spacial score (nSPS) is 16.3. The van der Waals surface area contributed by atoms with Crippen LogP contribution in [0.4, 0.5) is 11.6 Å². The molecule has 0 saturated heterocycles. The van der Waals surface area contributed by atoms with Gasteiger partial charge in [-0.3, -0.25) is 0 Å². The third-order valence-electron chi connectivity index (χ3n) is 4.04. The molecule has 2 N–H and O–H groups in total. The van der Waals surface area contributed by atoms with Crippen molar-refractivity contribution >= 4 is 11.6 Å². The fraction of sp³-hybridized carbons (Fsp3) is 0.750. The molecule has 4 nitrogen and oxygen atoms in total. The van der Waals surface area contributed by atoms with Crippen LogP contribution in [0.5, 0.6) is 0 Å². The molecule has 1 aromatic heterocycles. The van der Waals surface area contributed by atoms with Crippen LogP contribution in [0.25, 0.3) is 0 Å². The van der Waals surface area contributed by atoms with Gasteiger partial charge >= 0.3 is 0 Å². The molecule has 1 aliphatic rings. The highest BCUT2D eigenvalue weighted by molar-refractivity contribution is 5.57. The van der Waals surface area contributed by atoms with Crippen LogP contribution in [0.3, 0.4) is 0 Å². The molecule has 4 heteroatoms. The zero-order valence-corrected chi connectivity index (χ0v) is 13.5. The standard InChI is InChI=1S/C16H28N4/c1-6-17-15-12(5)16(20-14(19-15)10(2)3)18-9-11(4)13-7-8-13/h10-11,13H,6-9H2,1-5H3,(H2,17,18,19,20). The summed E-state index contributed by atoms with van der Waals surface area (Å²) in [5, 5.41) is 6.88. The second-order valence-electron chi connectivity index (χ2n) is 6.28. The monoisotopic (exact) mass is 276 g/mol. The maximum atomic E-state index is 4.70. The number of hydrogen-bond acceptors (Lipinski definition) is 4. The van der Waals surface area contributed by atoms with E-state index in [0.29, 0.717) is 5.92 Å². The first-order valence-electron chi connectivity index (χ1n) is 7.89. The van der Waals surface area contributed by atoms with E-state index in [-0.39, 0.29) is 0 Å². The highest BCUT2D eigenvalue weighted by Gasteiger charge is 2.27. The Balaban J connectivity index is 2.15. The summed E-state index contributed by atoms with van der Waals surface area (Å²) >= 11 is 0. The third kappa shape index (κ3) is 3.62. The lowest BCUT2D eigenvalue weighted by atomic mass is 10.1. The van der Waals surface area contributed by atoms with E-state index in [2.05, 4.69) is 50.2 Å². The zero-order valence-electron chi connectivity index (χ0n) is 13.5. The molecule has 2 rings (SSSR count). The number of aromatic nitrogens is 2. The first-order valence-corrected chi connectivity index (χ1v) is 7.89. The second-order valence-corrected chi connectivity index (χ2v) is 6.28. The van der Waals surface area contributed by atoms with Gasteiger partial charge in [0.15, 0.2) is 0 Å². The SMILES string of the molecule is CCNc1nc(C(C)C)nc(NCC(C)C2CC2)c1C. The van der Waals surface area contributed by atoms with Gasteiger partial charge in [-0.2, -0.15) is 0 Å². The van der Waals surface area contributed by atoms with E-state index in [1.807, 2.05) is 0 Å². The maximum absolute atomic E-state index is 4.70. The molecule has 0 radical (unpaired) electrons. The van der Waals surface area contributed by atoms with Crippen LogP contribution in [0.2, 0.25) is 0 Å². The van der Waals surface area contributed by atoms with Gasteiger partial charge in [0.2, 0.25) is 0 Å². The van der Waals surface area contributed by atoms with Crippen molar-refractivity contribution < 1.29 is 0 Å². The number of nitrogens with zero attached hydrogens (tertiary/aromatic N) is 2. The lowest BCUT2D eigenvalue weighted by Crippen LogP contribution is -2.17. The molecule has 0 aromatic carbocycles. The molecule has 0 bridgehead atoms. The Morgan fingerprint density at radius 2 is 1.70 bits per heavy atom. The van der Waals surface area contributed by atoms with E-state index in [4.69, 9.17) is 4.98 Å². The Morgan fingerprint density at radius 1 is 1.10 bits per heavy atom. The van der Waals surface area contributed by atoms with Crippen LogP contribution in [0.15, 0.2) is 0 Å². The second kappa shape index (κ2) is 6.42. The van der Waals surface area contributed by atoms with Gasteiger partial charge in [0.1, 0.15) is 17.5 Å². The Hall–Kier alpha value is -1.32. The minimum atomic E-state index is 0.342. The molecule has 1 aliphatic carbocycles. The van der Waals surface area contributed by atoms with Gasteiger partial charge in [0.25, 0.3) is 0 Å². The summed E-state index contributed by atoms with van der Waals surface area (Å²) < 4.78 is 0. The van der Waals surface area contributed by atoms with Crippen molar-refractivity contribution in [1.82, 2.24) is 9.97 Å². The maximum Gasteiger partial charge on any atom is 0.135 e. The van der Waals surface area contributed by atoms with Crippen molar-refractivity contribution in [3.05, 3.63) is 11.4 Å². The summed E-state index contributed by atoms with van der Waals surface area (Å²) in [6, 6.07) is 0. The molecule has 0 spiro atoms. The number of nitrogens with one attached hydrogen (secondary N) is 2. The van der Waals surface area contributed by atoms with E-state index in [1.54, 1.807) is 0 Å². The Morgan fingerprint density at radius 3 is 2.20 bits per heavy atom. The van der Waals surface area contributed by atoms with Crippen molar-refractivity contribution in [3.63, 3.8) is 0 Å². The lowest BCUT2D eigenvalue weighted by Gasteiger charge is -2.18. The van der Waals surface area contributed by atoms with E-state index >= 15 is 0 Å². The topological polar surface area (TPSA) is 49.8 Å². The van der Waals surface area contributed by atoms with Gasteiger partial charge in [-0.25, -0.2) is 9.97 Å². The van der Waals surface area contributed by atoms with E-state index in [0.717, 1.165) is 47.9 Å². The summed E-state index contributed by atoms with van der Waals surface area (Å²) in [5.41, 5.74) is 1.12. The highest BCUT2D eigenvalue weighted by atomic mass is 15.1. The van der Waals surface area contributed by atoms with Gasteiger partial charge in [-0.1, -0.05) is 20.8 Å². The van der Waals surface area contributed by atoms with Gasteiger partial charge in [-0.05, 0) is 38.5 Å². The predicted molar refractivity (Wildman–Crippen MR) is 85.4 cm³/mol. The minimum Gasteiger partial charge on any atom is -0.370 e. The summed E-state index contributed by atoms with van der Waals surface area (Å²) in [5.74, 6) is 4.86. The summed E-state index contributed by atoms with van der Waals surface area (Å²) in [4.78, 5) is 9.34. The molecular formula is C16H28N4. The van der Waals surface area contributed by atoms with Crippen LogP contribution in [-0.2, 0) is 0 Å². The van der Waals surface area contributed by atoms with Crippen molar-refractivity contribution in [2.45, 2.75) is 53.4 Å². The highest BCUT2D eigenvalue weighted by Crippen LogP contribution is 2.36. The first kappa shape index (κ1) is 15.1. The van der Waals surface area contributed by atoms with Crippen LogP contribution in [0.1, 0.15) is 57.8 Å². The largest absolute Gasteiger partial charge is 0.370 e. The summed E-state index contributed by atoms with van der Waals surface area (Å²) in [6.45, 7) is 12.7. The molecule has 0 aliphatic heterocycles. The molecule has 1 heterocycles. The number of anilines is 2. The summed E-state index contributed by atoms with van der Waals surface area (Å²) in [7, 11) is 0. The van der Waals surface area contributed by atoms with Gasteiger partial charge in [0, 0.05) is 24.6 Å². The molecule has 0 amide bonds. The molecule has 1 fully saturated rings. The molecule has 1 saturated carbocycles. The fourth-order valence-corrected chi connectivity index (χ4v) is 2.39. The average molecular weight is 276 g/mol. The third-order valence-corrected chi connectivity index (χ3v) is 4.04. The van der Waals surface area contributed by atoms with E-state index in [9.17, 15) is 0 Å². The van der Waals surface area contributed by atoms with Crippen molar-refractivity contribution in [3.8, 4) is 0 Å². The van der Waals surface area contributed by atoms with Gasteiger partial charge < -0.3 is 10.6 Å². The number of rotatable bonds is 7. The molecule has 1 unspecified atom stereocenters. The predicted octanol–water partition coefficient (Wildman–Crippen LogP) is 3.80. The van der Waals surface area contributed by atoms with Crippen molar-refractivity contribution in [1.29, 1.82) is 0 Å². The Labute approximate surface area is 122 Å². The fourth-order valence-electron chi connectivity index (χ4n) is 2.39. The van der Waals surface area contributed by atoms with E-state index < -0.39 is 0 Å². The Kier molecular flexibility index (Phi) is 4.84. The first-order chi connectivity index (χ1) is 9.52. The molecule has 1 aromatic rings. The number of hydrogen-bond donors (Lipinski definition) is 2. The minimum absolute atomic E-state index is 0.342. The van der Waals surface area contributed by atoms with Gasteiger partial charge in [-0.15, -0.1) is 0 Å². The zero-order chi connectivity index (χ0) is 14.7. The summed E-state index contributed by atoms with van der Waals surface area (Å²) in [6.07, 6.45) is 2.79. The van der Waals surface area contributed by atoms with Crippen LogP contribution in [0, 0.1) is 18.8 Å². The smallest absolute Gasteiger partial charge is 0.135 e. The van der Waals surface area contributed by atoms with Crippen LogP contribution >= 0.6 is 0 Å². The van der Waals surface area contributed by atoms with Gasteiger partial charge in [0.05, 0.1) is 0 Å². The molecule has 20 heavy (non-hydrogen) atoms.